The fraction of sp³-hybridized carbons (Fsp3) is 0.182. The maximum atomic E-state index is 11.9. The van der Waals surface area contributed by atoms with Crippen molar-refractivity contribution >= 4 is 17.1 Å². The molecule has 0 aliphatic rings. The lowest BCUT2D eigenvalue weighted by molar-refractivity contribution is 0.103. The van der Waals surface area contributed by atoms with Crippen molar-refractivity contribution in [3.05, 3.63) is 45.5 Å². The molecule has 14 heavy (non-hydrogen) atoms. The van der Waals surface area contributed by atoms with Crippen LogP contribution in [-0.2, 0) is 0 Å². The molecule has 0 N–H and O–H groups in total. The Hall–Kier alpha value is -1.35. The van der Waals surface area contributed by atoms with Crippen molar-refractivity contribution in [2.75, 3.05) is 0 Å². The van der Waals surface area contributed by atoms with Crippen molar-refractivity contribution in [2.45, 2.75) is 13.8 Å². The number of carbonyl (C=O) groups is 1. The average Bonchev–Trinajstić information content (AvgIpc) is 2.73. The molecule has 0 bridgehead atoms. The van der Waals surface area contributed by atoms with E-state index in [4.69, 9.17) is 4.42 Å². The van der Waals surface area contributed by atoms with Gasteiger partial charge in [0.2, 0.25) is 0 Å². The average molecular weight is 206 g/mol. The van der Waals surface area contributed by atoms with Gasteiger partial charge in [-0.3, -0.25) is 4.79 Å². The van der Waals surface area contributed by atoms with Gasteiger partial charge in [0.05, 0.1) is 11.8 Å². The summed E-state index contributed by atoms with van der Waals surface area (Å²) in [4.78, 5) is 14.1. The number of rotatable bonds is 2. The molecule has 0 amide bonds. The number of hydrogen-bond acceptors (Lipinski definition) is 3. The zero-order valence-electron chi connectivity index (χ0n) is 8.03. The third-order valence-corrected chi connectivity index (χ3v) is 3.03. The molecule has 2 rings (SSSR count). The Morgan fingerprint density at radius 1 is 1.43 bits per heavy atom. The van der Waals surface area contributed by atoms with Crippen molar-refractivity contribution in [1.29, 1.82) is 0 Å². The van der Waals surface area contributed by atoms with Crippen LogP contribution in [0.4, 0.5) is 0 Å². The van der Waals surface area contributed by atoms with Crippen LogP contribution in [0.15, 0.2) is 29.1 Å². The SMILES string of the molecule is Cc1cc(C(=O)c2ccoc2)c(C)s1. The Bertz CT molecular complexity index is 452. The van der Waals surface area contributed by atoms with E-state index in [1.54, 1.807) is 17.4 Å². The van der Waals surface area contributed by atoms with E-state index >= 15 is 0 Å². The molecule has 2 nitrogen and oxygen atoms in total. The summed E-state index contributed by atoms with van der Waals surface area (Å²) < 4.78 is 4.89. The third kappa shape index (κ3) is 1.51. The Morgan fingerprint density at radius 2 is 2.21 bits per heavy atom. The lowest BCUT2D eigenvalue weighted by Crippen LogP contribution is -1.98. The number of furan rings is 1. The first-order chi connectivity index (χ1) is 6.68. The fourth-order valence-corrected chi connectivity index (χ4v) is 2.33. The van der Waals surface area contributed by atoms with E-state index in [1.165, 1.54) is 12.5 Å². The first kappa shape index (κ1) is 9.21. The van der Waals surface area contributed by atoms with Crippen LogP contribution in [0.5, 0.6) is 0 Å². The van der Waals surface area contributed by atoms with Crippen molar-refractivity contribution in [2.24, 2.45) is 0 Å². The molecule has 0 atom stereocenters. The summed E-state index contributed by atoms with van der Waals surface area (Å²) in [5.74, 6) is 0.0422. The van der Waals surface area contributed by atoms with Gasteiger partial charge in [-0.2, -0.15) is 0 Å². The minimum atomic E-state index is 0.0422. The standard InChI is InChI=1S/C11H10O2S/c1-7-5-10(8(2)14-7)11(12)9-3-4-13-6-9/h3-6H,1-2H3. The molecule has 0 aromatic carbocycles. The van der Waals surface area contributed by atoms with Crippen LogP contribution in [0.1, 0.15) is 25.7 Å². The summed E-state index contributed by atoms with van der Waals surface area (Å²) in [6.45, 7) is 3.97. The predicted octanol–water partition coefficient (Wildman–Crippen LogP) is 3.19. The molecule has 0 fully saturated rings. The number of aryl methyl sites for hydroxylation is 2. The fourth-order valence-electron chi connectivity index (χ4n) is 1.41. The quantitative estimate of drug-likeness (QED) is 0.706. The highest BCUT2D eigenvalue weighted by molar-refractivity contribution is 7.12. The highest BCUT2D eigenvalue weighted by Crippen LogP contribution is 2.23. The van der Waals surface area contributed by atoms with Crippen LogP contribution in [0.2, 0.25) is 0 Å². The molecule has 2 aromatic heterocycles. The Balaban J connectivity index is 2.41. The number of thiophene rings is 1. The molecule has 0 spiro atoms. The van der Waals surface area contributed by atoms with E-state index in [0.717, 1.165) is 15.3 Å². The molecule has 0 aliphatic carbocycles. The van der Waals surface area contributed by atoms with E-state index in [-0.39, 0.29) is 5.78 Å². The van der Waals surface area contributed by atoms with Crippen molar-refractivity contribution in [3.8, 4) is 0 Å². The highest BCUT2D eigenvalue weighted by atomic mass is 32.1. The van der Waals surface area contributed by atoms with Gasteiger partial charge in [0, 0.05) is 15.3 Å². The Morgan fingerprint density at radius 3 is 2.71 bits per heavy atom. The van der Waals surface area contributed by atoms with Crippen molar-refractivity contribution < 1.29 is 9.21 Å². The number of carbonyl (C=O) groups excluding carboxylic acids is 1. The second-order valence-corrected chi connectivity index (χ2v) is 4.63. The molecule has 0 saturated heterocycles. The van der Waals surface area contributed by atoms with Gasteiger partial charge in [-0.1, -0.05) is 0 Å². The molecule has 3 heteroatoms. The van der Waals surface area contributed by atoms with Gasteiger partial charge in [0.25, 0.3) is 0 Å². The second kappa shape index (κ2) is 3.42. The van der Waals surface area contributed by atoms with Gasteiger partial charge in [0.15, 0.2) is 5.78 Å². The summed E-state index contributed by atoms with van der Waals surface area (Å²) in [6.07, 6.45) is 3.00. The van der Waals surface area contributed by atoms with Gasteiger partial charge in [-0.15, -0.1) is 11.3 Å². The van der Waals surface area contributed by atoms with Gasteiger partial charge >= 0.3 is 0 Å². The molecule has 0 saturated carbocycles. The molecule has 0 aliphatic heterocycles. The van der Waals surface area contributed by atoms with Crippen LogP contribution in [0.25, 0.3) is 0 Å². The van der Waals surface area contributed by atoms with E-state index in [9.17, 15) is 4.79 Å². The zero-order valence-corrected chi connectivity index (χ0v) is 8.85. The minimum Gasteiger partial charge on any atom is -0.472 e. The van der Waals surface area contributed by atoms with E-state index in [2.05, 4.69) is 0 Å². The second-order valence-electron chi connectivity index (χ2n) is 3.17. The Kier molecular flexibility index (Phi) is 2.25. The van der Waals surface area contributed by atoms with Crippen molar-refractivity contribution in [3.63, 3.8) is 0 Å². The lowest BCUT2D eigenvalue weighted by Gasteiger charge is -1.94. The molecule has 0 unspecified atom stereocenters. The summed E-state index contributed by atoms with van der Waals surface area (Å²) >= 11 is 1.64. The largest absolute Gasteiger partial charge is 0.472 e. The molecule has 72 valence electrons. The number of hydrogen-bond donors (Lipinski definition) is 0. The summed E-state index contributed by atoms with van der Waals surface area (Å²) in [5.41, 5.74) is 1.40. The predicted molar refractivity (Wildman–Crippen MR) is 55.9 cm³/mol. The molecule has 2 aromatic rings. The first-order valence-corrected chi connectivity index (χ1v) is 5.14. The summed E-state index contributed by atoms with van der Waals surface area (Å²) in [5, 5.41) is 0. The zero-order chi connectivity index (χ0) is 10.1. The van der Waals surface area contributed by atoms with Crippen molar-refractivity contribution in [1.82, 2.24) is 0 Å². The normalized spacial score (nSPS) is 10.4. The van der Waals surface area contributed by atoms with Crippen LogP contribution in [0, 0.1) is 13.8 Å². The van der Waals surface area contributed by atoms with Crippen LogP contribution < -0.4 is 0 Å². The molecule has 0 radical (unpaired) electrons. The van der Waals surface area contributed by atoms with Gasteiger partial charge in [-0.25, -0.2) is 0 Å². The first-order valence-electron chi connectivity index (χ1n) is 4.32. The van der Waals surface area contributed by atoms with Gasteiger partial charge in [-0.05, 0) is 26.0 Å². The topological polar surface area (TPSA) is 30.2 Å². The van der Waals surface area contributed by atoms with Crippen LogP contribution in [-0.4, -0.2) is 5.78 Å². The van der Waals surface area contributed by atoms with Gasteiger partial charge in [0.1, 0.15) is 6.26 Å². The smallest absolute Gasteiger partial charge is 0.197 e. The van der Waals surface area contributed by atoms with Crippen LogP contribution in [0.3, 0.4) is 0 Å². The van der Waals surface area contributed by atoms with E-state index in [0.29, 0.717) is 5.56 Å². The van der Waals surface area contributed by atoms with Crippen LogP contribution >= 0.6 is 11.3 Å². The summed E-state index contributed by atoms with van der Waals surface area (Å²) in [6, 6.07) is 3.62. The van der Waals surface area contributed by atoms with E-state index in [1.807, 2.05) is 19.9 Å². The minimum absolute atomic E-state index is 0.0422. The molecular weight excluding hydrogens is 196 g/mol. The maximum Gasteiger partial charge on any atom is 0.197 e. The third-order valence-electron chi connectivity index (χ3n) is 2.07. The molecular formula is C11H10O2S. The molecule has 2 heterocycles. The Labute approximate surface area is 86.2 Å². The van der Waals surface area contributed by atoms with E-state index < -0.39 is 0 Å². The summed E-state index contributed by atoms with van der Waals surface area (Å²) in [7, 11) is 0. The maximum absolute atomic E-state index is 11.9. The monoisotopic (exact) mass is 206 g/mol. The lowest BCUT2D eigenvalue weighted by atomic mass is 10.1. The van der Waals surface area contributed by atoms with Gasteiger partial charge < -0.3 is 4.42 Å². The highest BCUT2D eigenvalue weighted by Gasteiger charge is 2.14. The number of ketones is 1.